The fourth-order valence-electron chi connectivity index (χ4n) is 4.41. The molecule has 4 nitrogen and oxygen atoms in total. The molecule has 1 aliphatic heterocycles. The van der Waals surface area contributed by atoms with Gasteiger partial charge < -0.3 is 4.90 Å². The third-order valence-electron chi connectivity index (χ3n) is 6.16. The summed E-state index contributed by atoms with van der Waals surface area (Å²) in [6.07, 6.45) is 9.66. The van der Waals surface area contributed by atoms with Gasteiger partial charge in [-0.2, -0.15) is 0 Å². The highest BCUT2D eigenvalue weighted by Gasteiger charge is 2.43. The molecule has 0 amide bonds. The van der Waals surface area contributed by atoms with Gasteiger partial charge in [0.05, 0.1) is 18.1 Å². The first kappa shape index (κ1) is 16.7. The van der Waals surface area contributed by atoms with E-state index in [9.17, 15) is 0 Å². The highest BCUT2D eigenvalue weighted by atomic mass is 15.3. The maximum absolute atomic E-state index is 4.98. The molecule has 0 bridgehead atoms. The number of benzene rings is 1. The quantitative estimate of drug-likeness (QED) is 0.833. The molecule has 0 spiro atoms. The van der Waals surface area contributed by atoms with Gasteiger partial charge in [0, 0.05) is 32.7 Å². The molecule has 2 aliphatic carbocycles. The van der Waals surface area contributed by atoms with Gasteiger partial charge in [-0.25, -0.2) is 4.98 Å². The zero-order valence-corrected chi connectivity index (χ0v) is 15.9. The van der Waals surface area contributed by atoms with E-state index in [0.29, 0.717) is 5.92 Å². The average molecular weight is 358 g/mol. The molecule has 2 heterocycles. The Bertz CT molecular complexity index is 878. The van der Waals surface area contributed by atoms with Crippen LogP contribution in [0.1, 0.15) is 24.6 Å². The van der Waals surface area contributed by atoms with Gasteiger partial charge in [-0.05, 0) is 36.3 Å². The standard InChI is InChI=1S/C23H26N4/c1-17-7-8-19(21-13-20(17)21)22-14-24-15-23(25-22)27-11-9-26(10-12-27)16-18-5-3-2-4-6-18/h2-8,14-15,20-21H,9-13,16H2,1H3. The van der Waals surface area contributed by atoms with Gasteiger partial charge in [-0.1, -0.05) is 48.1 Å². The normalized spacial score (nSPS) is 24.9. The predicted octanol–water partition coefficient (Wildman–Crippen LogP) is 3.78. The molecule has 1 aromatic heterocycles. The fraction of sp³-hybridized carbons (Fsp3) is 0.391. The van der Waals surface area contributed by atoms with Crippen LogP contribution in [0.25, 0.3) is 5.57 Å². The van der Waals surface area contributed by atoms with Gasteiger partial charge >= 0.3 is 0 Å². The summed E-state index contributed by atoms with van der Waals surface area (Å²) in [5.74, 6) is 2.44. The van der Waals surface area contributed by atoms with Crippen LogP contribution in [0.4, 0.5) is 5.82 Å². The number of piperazine rings is 1. The van der Waals surface area contributed by atoms with E-state index < -0.39 is 0 Å². The Morgan fingerprint density at radius 1 is 0.963 bits per heavy atom. The smallest absolute Gasteiger partial charge is 0.147 e. The number of hydrogen-bond donors (Lipinski definition) is 0. The molecule has 1 aromatic carbocycles. The fourth-order valence-corrected chi connectivity index (χ4v) is 4.41. The second-order valence-corrected chi connectivity index (χ2v) is 7.99. The zero-order chi connectivity index (χ0) is 18.2. The summed E-state index contributed by atoms with van der Waals surface area (Å²) < 4.78 is 0. The maximum atomic E-state index is 4.98. The van der Waals surface area contributed by atoms with Crippen LogP contribution < -0.4 is 4.90 Å². The largest absolute Gasteiger partial charge is 0.353 e. The summed E-state index contributed by atoms with van der Waals surface area (Å²) in [6.45, 7) is 7.42. The van der Waals surface area contributed by atoms with Crippen molar-refractivity contribution in [3.8, 4) is 0 Å². The van der Waals surface area contributed by atoms with Crippen LogP contribution in [-0.2, 0) is 6.54 Å². The Morgan fingerprint density at radius 3 is 2.59 bits per heavy atom. The molecule has 27 heavy (non-hydrogen) atoms. The minimum absolute atomic E-state index is 0.669. The third kappa shape index (κ3) is 3.42. The van der Waals surface area contributed by atoms with Crippen molar-refractivity contribution in [1.82, 2.24) is 14.9 Å². The van der Waals surface area contributed by atoms with Gasteiger partial charge in [-0.3, -0.25) is 9.88 Å². The number of allylic oxidation sites excluding steroid dienone is 4. The highest BCUT2D eigenvalue weighted by molar-refractivity contribution is 5.72. The minimum atomic E-state index is 0.669. The first-order valence-corrected chi connectivity index (χ1v) is 10.00. The van der Waals surface area contributed by atoms with Crippen molar-refractivity contribution in [2.24, 2.45) is 11.8 Å². The van der Waals surface area contributed by atoms with Gasteiger partial charge in [0.2, 0.25) is 0 Å². The number of hydrogen-bond acceptors (Lipinski definition) is 4. The second kappa shape index (κ2) is 6.93. The molecule has 2 fully saturated rings. The molecule has 1 saturated heterocycles. The molecule has 0 radical (unpaired) electrons. The van der Waals surface area contributed by atoms with Crippen LogP contribution in [0.5, 0.6) is 0 Å². The van der Waals surface area contributed by atoms with Crippen LogP contribution in [0.2, 0.25) is 0 Å². The van der Waals surface area contributed by atoms with Crippen molar-refractivity contribution < 1.29 is 0 Å². The number of anilines is 1. The minimum Gasteiger partial charge on any atom is -0.353 e. The van der Waals surface area contributed by atoms with Crippen molar-refractivity contribution in [2.45, 2.75) is 19.9 Å². The molecule has 3 aliphatic rings. The van der Waals surface area contributed by atoms with E-state index in [4.69, 9.17) is 4.98 Å². The Labute approximate surface area is 161 Å². The average Bonchev–Trinajstić information content (AvgIpc) is 3.52. The van der Waals surface area contributed by atoms with E-state index in [2.05, 4.69) is 64.2 Å². The molecule has 0 N–H and O–H groups in total. The summed E-state index contributed by atoms with van der Waals surface area (Å²) in [4.78, 5) is 14.4. The summed E-state index contributed by atoms with van der Waals surface area (Å²) in [5, 5.41) is 0. The lowest BCUT2D eigenvalue weighted by atomic mass is 9.97. The van der Waals surface area contributed by atoms with E-state index in [1.807, 2.05) is 12.4 Å². The molecule has 2 aromatic rings. The van der Waals surface area contributed by atoms with E-state index >= 15 is 0 Å². The van der Waals surface area contributed by atoms with Crippen LogP contribution in [0.3, 0.4) is 0 Å². The molecule has 2 atom stereocenters. The Hall–Kier alpha value is -2.46. The van der Waals surface area contributed by atoms with Crippen molar-refractivity contribution in [1.29, 1.82) is 0 Å². The topological polar surface area (TPSA) is 32.3 Å². The van der Waals surface area contributed by atoms with Gasteiger partial charge in [0.15, 0.2) is 0 Å². The molecule has 5 rings (SSSR count). The number of rotatable bonds is 4. The highest BCUT2D eigenvalue weighted by Crippen LogP contribution is 2.53. The van der Waals surface area contributed by atoms with Gasteiger partial charge in [0.25, 0.3) is 0 Å². The zero-order valence-electron chi connectivity index (χ0n) is 15.9. The summed E-state index contributed by atoms with van der Waals surface area (Å²) in [7, 11) is 0. The van der Waals surface area contributed by atoms with E-state index in [1.165, 1.54) is 23.1 Å². The molecule has 4 heteroatoms. The molecular weight excluding hydrogens is 332 g/mol. The van der Waals surface area contributed by atoms with Crippen LogP contribution in [-0.4, -0.2) is 41.0 Å². The third-order valence-corrected chi connectivity index (χ3v) is 6.16. The number of aromatic nitrogens is 2. The van der Waals surface area contributed by atoms with Crippen molar-refractivity contribution in [3.63, 3.8) is 0 Å². The summed E-state index contributed by atoms with van der Waals surface area (Å²) >= 11 is 0. The van der Waals surface area contributed by atoms with Crippen molar-refractivity contribution >= 4 is 11.4 Å². The predicted molar refractivity (Wildman–Crippen MR) is 109 cm³/mol. The second-order valence-electron chi connectivity index (χ2n) is 7.99. The van der Waals surface area contributed by atoms with Crippen LogP contribution >= 0.6 is 0 Å². The van der Waals surface area contributed by atoms with Crippen molar-refractivity contribution in [3.05, 3.63) is 71.7 Å². The van der Waals surface area contributed by atoms with Crippen molar-refractivity contribution in [2.75, 3.05) is 31.1 Å². The van der Waals surface area contributed by atoms with E-state index in [1.54, 1.807) is 0 Å². The first-order valence-electron chi connectivity index (χ1n) is 10.00. The van der Waals surface area contributed by atoms with Gasteiger partial charge in [-0.15, -0.1) is 0 Å². The number of nitrogens with zero attached hydrogens (tertiary/aromatic N) is 4. The Kier molecular flexibility index (Phi) is 4.29. The lowest BCUT2D eigenvalue weighted by molar-refractivity contribution is 0.249. The lowest BCUT2D eigenvalue weighted by Crippen LogP contribution is -2.46. The van der Waals surface area contributed by atoms with E-state index in [0.717, 1.165) is 50.2 Å². The first-order chi connectivity index (χ1) is 13.3. The molecular formula is C23H26N4. The Balaban J connectivity index is 1.25. The van der Waals surface area contributed by atoms with E-state index in [-0.39, 0.29) is 0 Å². The maximum Gasteiger partial charge on any atom is 0.147 e. The van der Waals surface area contributed by atoms with Crippen LogP contribution in [0.15, 0.2) is 60.5 Å². The molecule has 2 unspecified atom stereocenters. The summed E-state index contributed by atoms with van der Waals surface area (Å²) in [6, 6.07) is 10.7. The number of fused-ring (bicyclic) bond motifs is 1. The monoisotopic (exact) mass is 358 g/mol. The van der Waals surface area contributed by atoms with Gasteiger partial charge in [0.1, 0.15) is 5.82 Å². The molecule has 1 saturated carbocycles. The lowest BCUT2D eigenvalue weighted by Gasteiger charge is -2.35. The summed E-state index contributed by atoms with van der Waals surface area (Å²) in [5.41, 5.74) is 5.35. The van der Waals surface area contributed by atoms with Crippen LogP contribution in [0, 0.1) is 11.8 Å². The molecule has 138 valence electrons. The Morgan fingerprint density at radius 2 is 1.78 bits per heavy atom. The SMILES string of the molecule is CC1=CC=C(c2cncc(N3CCN(Cc4ccccc4)CC3)n2)C2CC12.